The highest BCUT2D eigenvalue weighted by atomic mass is 127. The van der Waals surface area contributed by atoms with Gasteiger partial charge in [0.05, 0.1) is 23.8 Å². The van der Waals surface area contributed by atoms with Gasteiger partial charge in [-0.1, -0.05) is 12.1 Å². The molecule has 0 radical (unpaired) electrons. The summed E-state index contributed by atoms with van der Waals surface area (Å²) in [5, 5.41) is 2.55. The number of carbonyl (C=O) groups is 3. The number of hydrogen-bond donors (Lipinski definition) is 1. The van der Waals surface area contributed by atoms with Gasteiger partial charge in [-0.25, -0.2) is 14.0 Å². The van der Waals surface area contributed by atoms with Gasteiger partial charge in [0.15, 0.2) is 18.1 Å². The number of halogens is 2. The molecule has 0 spiro atoms. The van der Waals surface area contributed by atoms with Crippen molar-refractivity contribution in [3.8, 4) is 11.5 Å². The van der Waals surface area contributed by atoms with Crippen molar-refractivity contribution in [2.45, 2.75) is 13.5 Å². The molecule has 3 rings (SSSR count). The minimum Gasteiger partial charge on any atom is -0.493 e. The molecular weight excluding hydrogens is 534 g/mol. The van der Waals surface area contributed by atoms with Gasteiger partial charge in [-0.3, -0.25) is 9.69 Å². The Kier molecular flexibility index (Phi) is 7.67. The van der Waals surface area contributed by atoms with Crippen molar-refractivity contribution in [1.29, 1.82) is 0 Å². The van der Waals surface area contributed by atoms with Gasteiger partial charge >= 0.3 is 12.0 Å². The summed E-state index contributed by atoms with van der Waals surface area (Å²) in [6.45, 7) is 1.70. The molecule has 8 nitrogen and oxygen atoms in total. The Morgan fingerprint density at radius 1 is 1.22 bits per heavy atom. The van der Waals surface area contributed by atoms with Crippen LogP contribution in [0.5, 0.6) is 11.5 Å². The van der Waals surface area contributed by atoms with Gasteiger partial charge in [-0.05, 0) is 71.0 Å². The summed E-state index contributed by atoms with van der Waals surface area (Å²) < 4.78 is 29.5. The molecule has 0 atom stereocenters. The second-order valence-electron chi connectivity index (χ2n) is 6.63. The van der Waals surface area contributed by atoms with Crippen LogP contribution in [0.1, 0.15) is 18.1 Å². The Bertz CT molecular complexity index is 1070. The maximum atomic E-state index is 13.1. The highest BCUT2D eigenvalue weighted by Crippen LogP contribution is 2.35. The fourth-order valence-electron chi connectivity index (χ4n) is 2.95. The topological polar surface area (TPSA) is 94.2 Å². The number of urea groups is 1. The number of nitrogens with zero attached hydrogens (tertiary/aromatic N) is 1. The van der Waals surface area contributed by atoms with Gasteiger partial charge < -0.3 is 19.5 Å². The molecule has 168 valence electrons. The zero-order chi connectivity index (χ0) is 23.3. The number of imide groups is 1. The second kappa shape index (κ2) is 10.4. The van der Waals surface area contributed by atoms with Crippen LogP contribution in [-0.2, 0) is 20.9 Å². The lowest BCUT2D eigenvalue weighted by Gasteiger charge is -2.13. The van der Waals surface area contributed by atoms with Crippen molar-refractivity contribution >= 4 is 46.6 Å². The summed E-state index contributed by atoms with van der Waals surface area (Å²) in [6.07, 6.45) is 1.52. The molecule has 1 aliphatic rings. The van der Waals surface area contributed by atoms with Crippen LogP contribution >= 0.6 is 22.6 Å². The van der Waals surface area contributed by atoms with E-state index < -0.39 is 23.7 Å². The van der Waals surface area contributed by atoms with Crippen LogP contribution in [0, 0.1) is 9.39 Å². The van der Waals surface area contributed by atoms with Crippen LogP contribution in [0.15, 0.2) is 42.1 Å². The van der Waals surface area contributed by atoms with Gasteiger partial charge in [-0.15, -0.1) is 0 Å². The molecule has 0 unspecified atom stereocenters. The molecule has 1 saturated heterocycles. The normalized spacial score (nSPS) is 14.5. The zero-order valence-electron chi connectivity index (χ0n) is 17.3. The van der Waals surface area contributed by atoms with Crippen molar-refractivity contribution in [3.63, 3.8) is 0 Å². The van der Waals surface area contributed by atoms with Gasteiger partial charge in [0, 0.05) is 0 Å². The number of methoxy groups -OCH3 is 1. The Morgan fingerprint density at radius 3 is 2.59 bits per heavy atom. The van der Waals surface area contributed by atoms with E-state index in [4.69, 9.17) is 14.2 Å². The standard InChI is InChI=1S/C22H20FIN2O6/c1-3-31-19(27)12-32-20-16(24)8-14(10-18(20)30-2)9-17-21(28)26(22(29)25-17)11-13-4-6-15(23)7-5-13/h4-10H,3,11-12H2,1-2H3,(H,25,29)/b17-9+. The maximum Gasteiger partial charge on any atom is 0.344 e. The predicted molar refractivity (Wildman–Crippen MR) is 121 cm³/mol. The first-order valence-corrected chi connectivity index (χ1v) is 10.6. The molecule has 0 bridgehead atoms. The predicted octanol–water partition coefficient (Wildman–Crippen LogP) is 3.47. The van der Waals surface area contributed by atoms with E-state index in [1.807, 2.05) is 22.6 Å². The molecule has 1 fully saturated rings. The number of ether oxygens (including phenoxy) is 3. The molecule has 2 aromatic carbocycles. The van der Waals surface area contributed by atoms with E-state index in [0.717, 1.165) is 4.90 Å². The van der Waals surface area contributed by atoms with Crippen LogP contribution in [0.4, 0.5) is 9.18 Å². The highest BCUT2D eigenvalue weighted by Gasteiger charge is 2.33. The monoisotopic (exact) mass is 554 g/mol. The lowest BCUT2D eigenvalue weighted by atomic mass is 10.1. The summed E-state index contributed by atoms with van der Waals surface area (Å²) in [5.74, 6) is -0.686. The van der Waals surface area contributed by atoms with Crippen molar-refractivity contribution in [2.24, 2.45) is 0 Å². The molecule has 2 aromatic rings. The number of esters is 1. The molecule has 1 heterocycles. The van der Waals surface area contributed by atoms with Crippen LogP contribution in [0.25, 0.3) is 6.08 Å². The average molecular weight is 554 g/mol. The number of amides is 3. The molecule has 0 saturated carbocycles. The third-order valence-corrected chi connectivity index (χ3v) is 5.22. The van der Waals surface area contributed by atoms with Crippen molar-refractivity contribution < 1.29 is 33.0 Å². The van der Waals surface area contributed by atoms with Crippen molar-refractivity contribution in [3.05, 3.63) is 62.6 Å². The number of benzene rings is 2. The smallest absolute Gasteiger partial charge is 0.344 e. The molecule has 1 N–H and O–H groups in total. The van der Waals surface area contributed by atoms with E-state index in [1.54, 1.807) is 19.1 Å². The van der Waals surface area contributed by atoms with E-state index in [2.05, 4.69) is 5.32 Å². The quantitative estimate of drug-likeness (QED) is 0.233. The molecule has 0 aliphatic carbocycles. The van der Waals surface area contributed by atoms with Crippen LogP contribution in [0.2, 0.25) is 0 Å². The van der Waals surface area contributed by atoms with Crippen molar-refractivity contribution in [2.75, 3.05) is 20.3 Å². The van der Waals surface area contributed by atoms with Gasteiger partial charge in [0.2, 0.25) is 0 Å². The van der Waals surface area contributed by atoms with Crippen molar-refractivity contribution in [1.82, 2.24) is 10.2 Å². The first kappa shape index (κ1) is 23.5. The minimum absolute atomic E-state index is 0.0176. The average Bonchev–Trinajstić information content (AvgIpc) is 3.01. The molecule has 3 amide bonds. The third kappa shape index (κ3) is 5.55. The molecule has 10 heteroatoms. The Hall–Kier alpha value is -3.15. The van der Waals surface area contributed by atoms with Crippen LogP contribution in [-0.4, -0.2) is 43.1 Å². The van der Waals surface area contributed by atoms with E-state index in [0.29, 0.717) is 26.2 Å². The molecular formula is C22H20FIN2O6. The Labute approximate surface area is 197 Å². The Balaban J connectivity index is 1.79. The fraction of sp³-hybridized carbons (Fsp3) is 0.227. The summed E-state index contributed by atoms with van der Waals surface area (Å²) in [7, 11) is 1.45. The number of hydrogen-bond acceptors (Lipinski definition) is 6. The fourth-order valence-corrected chi connectivity index (χ4v) is 3.73. The molecule has 0 aromatic heterocycles. The van der Waals surface area contributed by atoms with Gasteiger partial charge in [-0.2, -0.15) is 0 Å². The Morgan fingerprint density at radius 2 is 1.94 bits per heavy atom. The summed E-state index contributed by atoms with van der Waals surface area (Å²) in [4.78, 5) is 37.6. The summed E-state index contributed by atoms with van der Waals surface area (Å²) in [5.41, 5.74) is 1.30. The van der Waals surface area contributed by atoms with E-state index in [-0.39, 0.29) is 25.5 Å². The summed E-state index contributed by atoms with van der Waals surface area (Å²) >= 11 is 2.02. The third-order valence-electron chi connectivity index (χ3n) is 4.42. The SMILES string of the molecule is CCOC(=O)COc1c(I)cc(/C=C2/NC(=O)N(Cc3ccc(F)cc3)C2=O)cc1OC. The van der Waals surface area contributed by atoms with E-state index in [9.17, 15) is 18.8 Å². The maximum absolute atomic E-state index is 13.1. The lowest BCUT2D eigenvalue weighted by Crippen LogP contribution is -2.30. The van der Waals surface area contributed by atoms with Crippen LogP contribution in [0.3, 0.4) is 0 Å². The molecule has 1 aliphatic heterocycles. The zero-order valence-corrected chi connectivity index (χ0v) is 19.5. The van der Waals surface area contributed by atoms with E-state index >= 15 is 0 Å². The minimum atomic E-state index is -0.568. The van der Waals surface area contributed by atoms with E-state index in [1.165, 1.54) is 37.5 Å². The van der Waals surface area contributed by atoms with Gasteiger partial charge in [0.25, 0.3) is 5.91 Å². The van der Waals surface area contributed by atoms with Gasteiger partial charge in [0.1, 0.15) is 11.5 Å². The number of carbonyl (C=O) groups excluding carboxylic acids is 3. The van der Waals surface area contributed by atoms with Crippen LogP contribution < -0.4 is 14.8 Å². The first-order chi connectivity index (χ1) is 15.3. The number of nitrogens with one attached hydrogen (secondary N) is 1. The number of rotatable bonds is 8. The first-order valence-electron chi connectivity index (χ1n) is 9.57. The second-order valence-corrected chi connectivity index (χ2v) is 7.80. The largest absolute Gasteiger partial charge is 0.493 e. The molecule has 32 heavy (non-hydrogen) atoms. The highest BCUT2D eigenvalue weighted by molar-refractivity contribution is 14.1. The lowest BCUT2D eigenvalue weighted by molar-refractivity contribution is -0.145. The summed E-state index contributed by atoms with van der Waals surface area (Å²) in [6, 6.07) is 8.34.